The van der Waals surface area contributed by atoms with Gasteiger partial charge >= 0.3 is 5.97 Å². The summed E-state index contributed by atoms with van der Waals surface area (Å²) < 4.78 is 10.6. The molecule has 0 unspecified atom stereocenters. The largest absolute Gasteiger partial charge is 0.490 e. The quantitative estimate of drug-likeness (QED) is 0.366. The van der Waals surface area contributed by atoms with Crippen molar-refractivity contribution in [3.05, 3.63) is 42.0 Å². The van der Waals surface area contributed by atoms with Crippen LogP contribution >= 0.6 is 0 Å². The number of carbonyl (C=O) groups is 1. The number of unbranched alkanes of at least 4 members (excludes halogenated alkanes) is 2. The summed E-state index contributed by atoms with van der Waals surface area (Å²) in [5.74, 6) is 0.694. The summed E-state index contributed by atoms with van der Waals surface area (Å²) in [4.78, 5) is 11.3. The zero-order valence-electron chi connectivity index (χ0n) is 13.1. The second kappa shape index (κ2) is 11.0. The molecule has 21 heavy (non-hydrogen) atoms. The lowest BCUT2D eigenvalue weighted by atomic mass is 10.1. The van der Waals surface area contributed by atoms with Gasteiger partial charge in [0.15, 0.2) is 0 Å². The van der Waals surface area contributed by atoms with Crippen LogP contribution in [0.5, 0.6) is 5.75 Å². The Hall–Kier alpha value is -1.77. The van der Waals surface area contributed by atoms with E-state index in [1.54, 1.807) is 0 Å². The Morgan fingerprint density at radius 2 is 2.10 bits per heavy atom. The predicted molar refractivity (Wildman–Crippen MR) is 85.6 cm³/mol. The minimum atomic E-state index is -0.150. The van der Waals surface area contributed by atoms with Crippen LogP contribution in [0.1, 0.15) is 45.1 Å². The van der Waals surface area contributed by atoms with Crippen LogP contribution in [0.2, 0.25) is 0 Å². The highest BCUT2D eigenvalue weighted by Gasteiger charge is 2.03. The van der Waals surface area contributed by atoms with Crippen LogP contribution in [0, 0.1) is 0 Å². The summed E-state index contributed by atoms with van der Waals surface area (Å²) in [6.45, 7) is 5.03. The lowest BCUT2D eigenvalue weighted by molar-refractivity contribution is -0.143. The maximum atomic E-state index is 11.3. The van der Waals surface area contributed by atoms with E-state index in [0.29, 0.717) is 26.1 Å². The smallest absolute Gasteiger partial charge is 0.306 e. The van der Waals surface area contributed by atoms with E-state index in [4.69, 9.17) is 9.47 Å². The highest BCUT2D eigenvalue weighted by molar-refractivity contribution is 5.69. The SMILES string of the molecule is CCCCC=CCOc1cccc(CCC(=O)OCC)c1. The Balaban J connectivity index is 2.34. The third-order valence-corrected chi connectivity index (χ3v) is 3.06. The van der Waals surface area contributed by atoms with Gasteiger partial charge in [-0.2, -0.15) is 0 Å². The third kappa shape index (κ3) is 8.18. The van der Waals surface area contributed by atoms with Gasteiger partial charge in [-0.1, -0.05) is 44.1 Å². The fraction of sp³-hybridized carbons (Fsp3) is 0.500. The van der Waals surface area contributed by atoms with E-state index >= 15 is 0 Å². The highest BCUT2D eigenvalue weighted by atomic mass is 16.5. The fourth-order valence-electron chi connectivity index (χ4n) is 1.92. The molecule has 0 saturated heterocycles. The number of allylic oxidation sites excluding steroid dienone is 1. The van der Waals surface area contributed by atoms with E-state index in [9.17, 15) is 4.79 Å². The molecule has 0 fully saturated rings. The normalized spacial score (nSPS) is 10.8. The monoisotopic (exact) mass is 290 g/mol. The topological polar surface area (TPSA) is 35.5 Å². The molecule has 0 aliphatic rings. The molecule has 1 aromatic rings. The second-order valence-electron chi connectivity index (χ2n) is 4.88. The Bertz CT molecular complexity index is 438. The van der Waals surface area contributed by atoms with Gasteiger partial charge in [0.2, 0.25) is 0 Å². The third-order valence-electron chi connectivity index (χ3n) is 3.06. The van der Waals surface area contributed by atoms with Gasteiger partial charge in [-0.25, -0.2) is 0 Å². The van der Waals surface area contributed by atoms with Crippen molar-refractivity contribution in [2.24, 2.45) is 0 Å². The number of aryl methyl sites for hydroxylation is 1. The van der Waals surface area contributed by atoms with E-state index < -0.39 is 0 Å². The Morgan fingerprint density at radius 3 is 2.86 bits per heavy atom. The van der Waals surface area contributed by atoms with Crippen molar-refractivity contribution in [2.45, 2.75) is 46.0 Å². The van der Waals surface area contributed by atoms with Crippen molar-refractivity contribution in [1.29, 1.82) is 0 Å². The molecule has 0 aliphatic heterocycles. The fourth-order valence-corrected chi connectivity index (χ4v) is 1.92. The Morgan fingerprint density at radius 1 is 1.24 bits per heavy atom. The molecule has 0 radical (unpaired) electrons. The van der Waals surface area contributed by atoms with E-state index in [1.807, 2.05) is 31.2 Å². The molecule has 0 heterocycles. The molecule has 0 spiro atoms. The van der Waals surface area contributed by atoms with Crippen molar-refractivity contribution >= 4 is 5.97 Å². The minimum absolute atomic E-state index is 0.150. The first-order chi connectivity index (χ1) is 10.3. The van der Waals surface area contributed by atoms with Crippen LogP contribution in [0.25, 0.3) is 0 Å². The average Bonchev–Trinajstić information content (AvgIpc) is 2.49. The predicted octanol–water partition coefficient (Wildman–Crippen LogP) is 4.31. The van der Waals surface area contributed by atoms with Crippen molar-refractivity contribution in [2.75, 3.05) is 13.2 Å². The van der Waals surface area contributed by atoms with Crippen LogP contribution in [0.4, 0.5) is 0 Å². The lowest BCUT2D eigenvalue weighted by Crippen LogP contribution is -2.05. The molecule has 0 saturated carbocycles. The lowest BCUT2D eigenvalue weighted by Gasteiger charge is -2.06. The Labute approximate surface area is 128 Å². The van der Waals surface area contributed by atoms with Crippen molar-refractivity contribution < 1.29 is 14.3 Å². The molecule has 0 amide bonds. The summed E-state index contributed by atoms with van der Waals surface area (Å²) in [7, 11) is 0. The van der Waals surface area contributed by atoms with Crippen molar-refractivity contribution in [1.82, 2.24) is 0 Å². The van der Waals surface area contributed by atoms with Crippen molar-refractivity contribution in [3.8, 4) is 5.75 Å². The summed E-state index contributed by atoms with van der Waals surface area (Å²) in [6.07, 6.45) is 8.86. The van der Waals surface area contributed by atoms with E-state index in [1.165, 1.54) is 12.8 Å². The van der Waals surface area contributed by atoms with Gasteiger partial charge in [0.25, 0.3) is 0 Å². The molecule has 1 aromatic carbocycles. The van der Waals surface area contributed by atoms with Gasteiger partial charge in [-0.05, 0) is 37.5 Å². The molecule has 3 heteroatoms. The number of benzene rings is 1. The van der Waals surface area contributed by atoms with Gasteiger partial charge in [0, 0.05) is 6.42 Å². The molecule has 0 N–H and O–H groups in total. The standard InChI is InChI=1S/C18H26O3/c1-3-5-6-7-8-14-21-17-11-9-10-16(15-17)12-13-18(19)20-4-2/h7-11,15H,3-6,12-14H2,1-2H3. The molecule has 1 rings (SSSR count). The van der Waals surface area contributed by atoms with Gasteiger partial charge in [0.05, 0.1) is 6.61 Å². The maximum Gasteiger partial charge on any atom is 0.306 e. The van der Waals surface area contributed by atoms with Gasteiger partial charge < -0.3 is 9.47 Å². The summed E-state index contributed by atoms with van der Waals surface area (Å²) >= 11 is 0. The van der Waals surface area contributed by atoms with Gasteiger partial charge in [-0.15, -0.1) is 0 Å². The summed E-state index contributed by atoms with van der Waals surface area (Å²) in [6, 6.07) is 7.88. The maximum absolute atomic E-state index is 11.3. The molecule has 0 atom stereocenters. The molecule has 0 aliphatic carbocycles. The zero-order valence-corrected chi connectivity index (χ0v) is 13.1. The number of hydrogen-bond acceptors (Lipinski definition) is 3. The number of hydrogen-bond donors (Lipinski definition) is 0. The van der Waals surface area contributed by atoms with Crippen LogP contribution in [0.3, 0.4) is 0 Å². The van der Waals surface area contributed by atoms with Crippen LogP contribution < -0.4 is 4.74 Å². The Kier molecular flexibility index (Phi) is 9.01. The van der Waals surface area contributed by atoms with Gasteiger partial charge in [-0.3, -0.25) is 4.79 Å². The van der Waals surface area contributed by atoms with E-state index in [2.05, 4.69) is 19.1 Å². The number of carbonyl (C=O) groups excluding carboxylic acids is 1. The highest BCUT2D eigenvalue weighted by Crippen LogP contribution is 2.15. The molecule has 0 aromatic heterocycles. The average molecular weight is 290 g/mol. The molecule has 0 bridgehead atoms. The minimum Gasteiger partial charge on any atom is -0.490 e. The van der Waals surface area contributed by atoms with Crippen LogP contribution in [0.15, 0.2) is 36.4 Å². The number of esters is 1. The van der Waals surface area contributed by atoms with Crippen molar-refractivity contribution in [3.63, 3.8) is 0 Å². The molecule has 3 nitrogen and oxygen atoms in total. The van der Waals surface area contributed by atoms with E-state index in [-0.39, 0.29) is 5.97 Å². The molecular weight excluding hydrogens is 264 g/mol. The summed E-state index contributed by atoms with van der Waals surface area (Å²) in [5, 5.41) is 0. The first kappa shape index (κ1) is 17.3. The first-order valence-electron chi connectivity index (χ1n) is 7.78. The molecule has 116 valence electrons. The first-order valence-corrected chi connectivity index (χ1v) is 7.78. The van der Waals surface area contributed by atoms with E-state index in [0.717, 1.165) is 17.7 Å². The second-order valence-corrected chi connectivity index (χ2v) is 4.88. The van der Waals surface area contributed by atoms with Crippen LogP contribution in [-0.2, 0) is 16.0 Å². The molecular formula is C18H26O3. The van der Waals surface area contributed by atoms with Crippen LogP contribution in [-0.4, -0.2) is 19.2 Å². The number of rotatable bonds is 10. The zero-order chi connectivity index (χ0) is 15.3. The number of ether oxygens (including phenoxy) is 2. The summed E-state index contributed by atoms with van der Waals surface area (Å²) in [5.41, 5.74) is 1.09. The van der Waals surface area contributed by atoms with Gasteiger partial charge in [0.1, 0.15) is 12.4 Å².